The highest BCUT2D eigenvalue weighted by Gasteiger charge is 1.75. The van der Waals surface area contributed by atoms with Gasteiger partial charge in [0.05, 0.1) is 0 Å². The zero-order valence-corrected chi connectivity index (χ0v) is 5.18. The van der Waals surface area contributed by atoms with Crippen molar-refractivity contribution in [2.45, 2.75) is 26.2 Å². The van der Waals surface area contributed by atoms with Crippen LogP contribution in [0.3, 0.4) is 0 Å². The molecule has 1 nitrogen and oxygen atoms in total. The van der Waals surface area contributed by atoms with Crippen LogP contribution < -0.4 is 0 Å². The Morgan fingerprint density at radius 2 is 2.38 bits per heavy atom. The molecule has 0 spiro atoms. The number of rotatable bonds is 4. The van der Waals surface area contributed by atoms with Gasteiger partial charge in [-0.2, -0.15) is 0 Å². The Bertz CT molecular complexity index is 74.5. The molecule has 0 aromatic rings. The maximum absolute atomic E-state index is 9.56. The van der Waals surface area contributed by atoms with Crippen LogP contribution in [0.5, 0.6) is 0 Å². The third kappa shape index (κ3) is 5.41. The summed E-state index contributed by atoms with van der Waals surface area (Å²) in [5, 5.41) is 0. The summed E-state index contributed by atoms with van der Waals surface area (Å²) < 4.78 is 0. The average Bonchev–Trinajstić information content (AvgIpc) is 1.81. The van der Waals surface area contributed by atoms with Crippen LogP contribution in [0.25, 0.3) is 0 Å². The fraction of sp³-hybridized carbons (Fsp3) is 0.571. The molecule has 0 amide bonds. The van der Waals surface area contributed by atoms with Crippen molar-refractivity contribution >= 4 is 6.29 Å². The molecule has 1 heteroatoms. The normalized spacial score (nSPS) is 10.1. The van der Waals surface area contributed by atoms with Crippen LogP contribution in [0, 0.1) is 0 Å². The van der Waals surface area contributed by atoms with E-state index in [0.717, 1.165) is 12.8 Å². The molecule has 8 heavy (non-hydrogen) atoms. The molecule has 1 radical (unpaired) electrons. The fourth-order valence-corrected chi connectivity index (χ4v) is 0.453. The second-order valence-corrected chi connectivity index (χ2v) is 1.66. The summed E-state index contributed by atoms with van der Waals surface area (Å²) >= 11 is 0. The second-order valence-electron chi connectivity index (χ2n) is 1.66. The van der Waals surface area contributed by atoms with Crippen LogP contribution in [-0.4, -0.2) is 6.29 Å². The number of unbranched alkanes of at least 4 members (excludes halogenated alkanes) is 2. The Labute approximate surface area is 50.4 Å². The average molecular weight is 111 g/mol. The van der Waals surface area contributed by atoms with Crippen molar-refractivity contribution in [1.82, 2.24) is 0 Å². The molecule has 0 aromatic heterocycles. The molecule has 0 aromatic carbocycles. The first-order chi connectivity index (χ1) is 3.91. The standard InChI is InChI=1S/C7H11O/c1-2-3-4-5-6-7-8/h5-6H,2-4H2,1H3. The first kappa shape index (κ1) is 7.41. The first-order valence-electron chi connectivity index (χ1n) is 2.94. The lowest BCUT2D eigenvalue weighted by atomic mass is 10.2. The zero-order valence-electron chi connectivity index (χ0n) is 5.18. The molecule has 0 fully saturated rings. The highest BCUT2D eigenvalue weighted by atomic mass is 16.1. The quantitative estimate of drug-likeness (QED) is 0.399. The lowest BCUT2D eigenvalue weighted by molar-refractivity contribution is 0.564. The SMILES string of the molecule is CCCCC=C[C]=O. The van der Waals surface area contributed by atoms with E-state index in [4.69, 9.17) is 0 Å². The highest BCUT2D eigenvalue weighted by molar-refractivity contribution is 5.65. The topological polar surface area (TPSA) is 17.1 Å². The van der Waals surface area contributed by atoms with E-state index in [9.17, 15) is 4.79 Å². The van der Waals surface area contributed by atoms with Crippen LogP contribution in [0.1, 0.15) is 26.2 Å². The van der Waals surface area contributed by atoms with Gasteiger partial charge in [0.15, 0.2) is 0 Å². The molecule has 0 aliphatic carbocycles. The van der Waals surface area contributed by atoms with E-state index in [2.05, 4.69) is 6.92 Å². The molecule has 0 aliphatic heterocycles. The van der Waals surface area contributed by atoms with E-state index < -0.39 is 0 Å². The van der Waals surface area contributed by atoms with E-state index in [1.807, 2.05) is 6.08 Å². The summed E-state index contributed by atoms with van der Waals surface area (Å²) in [5.41, 5.74) is 0. The van der Waals surface area contributed by atoms with Crippen LogP contribution in [0.15, 0.2) is 12.2 Å². The summed E-state index contributed by atoms with van der Waals surface area (Å²) in [6.45, 7) is 2.12. The van der Waals surface area contributed by atoms with Gasteiger partial charge in [0.1, 0.15) is 0 Å². The minimum absolute atomic E-state index is 1.01. The third-order valence-electron chi connectivity index (χ3n) is 0.910. The van der Waals surface area contributed by atoms with Crippen molar-refractivity contribution in [2.75, 3.05) is 0 Å². The molecule has 0 saturated carbocycles. The van der Waals surface area contributed by atoms with Crippen molar-refractivity contribution in [3.05, 3.63) is 12.2 Å². The smallest absolute Gasteiger partial charge is 0.225 e. The van der Waals surface area contributed by atoms with E-state index in [1.54, 1.807) is 6.29 Å². The molecule has 0 heterocycles. The summed E-state index contributed by atoms with van der Waals surface area (Å²) in [4.78, 5) is 9.56. The van der Waals surface area contributed by atoms with Gasteiger partial charge in [-0.1, -0.05) is 25.8 Å². The minimum atomic E-state index is 1.01. The molecule has 0 aliphatic rings. The fourth-order valence-electron chi connectivity index (χ4n) is 0.453. The van der Waals surface area contributed by atoms with Crippen LogP contribution >= 0.6 is 0 Å². The van der Waals surface area contributed by atoms with Gasteiger partial charge in [0.2, 0.25) is 6.29 Å². The first-order valence-corrected chi connectivity index (χ1v) is 2.94. The Hall–Kier alpha value is -0.590. The van der Waals surface area contributed by atoms with E-state index >= 15 is 0 Å². The molecule has 0 N–H and O–H groups in total. The Morgan fingerprint density at radius 1 is 1.62 bits per heavy atom. The Kier molecular flexibility index (Phi) is 5.94. The lowest BCUT2D eigenvalue weighted by Crippen LogP contribution is -1.66. The monoisotopic (exact) mass is 111 g/mol. The second kappa shape index (κ2) is 6.41. The van der Waals surface area contributed by atoms with Gasteiger partial charge < -0.3 is 0 Å². The molecular weight excluding hydrogens is 100 g/mol. The van der Waals surface area contributed by atoms with E-state index in [0.29, 0.717) is 0 Å². The van der Waals surface area contributed by atoms with Gasteiger partial charge in [-0.25, -0.2) is 0 Å². The number of hydrogen-bond acceptors (Lipinski definition) is 1. The van der Waals surface area contributed by atoms with Crippen LogP contribution in [-0.2, 0) is 4.79 Å². The molecule has 0 atom stereocenters. The van der Waals surface area contributed by atoms with E-state index in [-0.39, 0.29) is 0 Å². The maximum Gasteiger partial charge on any atom is 0.225 e. The Balaban J connectivity index is 2.91. The molecule has 0 bridgehead atoms. The highest BCUT2D eigenvalue weighted by Crippen LogP contribution is 1.93. The van der Waals surface area contributed by atoms with Crippen molar-refractivity contribution in [1.29, 1.82) is 0 Å². The van der Waals surface area contributed by atoms with Gasteiger partial charge in [-0.05, 0) is 12.5 Å². The largest absolute Gasteiger partial charge is 0.286 e. The van der Waals surface area contributed by atoms with Gasteiger partial charge in [-0.15, -0.1) is 0 Å². The van der Waals surface area contributed by atoms with Crippen LogP contribution in [0.4, 0.5) is 0 Å². The molecule has 0 rings (SSSR count). The lowest BCUT2D eigenvalue weighted by Gasteiger charge is -1.83. The predicted molar refractivity (Wildman–Crippen MR) is 34.4 cm³/mol. The number of allylic oxidation sites excluding steroid dienone is 2. The number of hydrogen-bond donors (Lipinski definition) is 0. The Morgan fingerprint density at radius 3 is 2.88 bits per heavy atom. The summed E-state index contributed by atoms with van der Waals surface area (Å²) in [6, 6.07) is 0. The van der Waals surface area contributed by atoms with Crippen molar-refractivity contribution in [3.63, 3.8) is 0 Å². The molecule has 0 saturated heterocycles. The summed E-state index contributed by atoms with van der Waals surface area (Å²) in [7, 11) is 0. The van der Waals surface area contributed by atoms with Crippen molar-refractivity contribution < 1.29 is 4.79 Å². The van der Waals surface area contributed by atoms with Crippen molar-refractivity contribution in [3.8, 4) is 0 Å². The summed E-state index contributed by atoms with van der Waals surface area (Å²) in [6.07, 6.45) is 8.32. The summed E-state index contributed by atoms with van der Waals surface area (Å²) in [5.74, 6) is 0. The predicted octanol–water partition coefficient (Wildman–Crippen LogP) is 1.84. The van der Waals surface area contributed by atoms with Crippen molar-refractivity contribution in [2.24, 2.45) is 0 Å². The van der Waals surface area contributed by atoms with Crippen LogP contribution in [0.2, 0.25) is 0 Å². The third-order valence-corrected chi connectivity index (χ3v) is 0.910. The molecule has 45 valence electrons. The zero-order chi connectivity index (χ0) is 6.24. The number of carbonyl (C=O) groups excluding carboxylic acids is 1. The maximum atomic E-state index is 9.56. The van der Waals surface area contributed by atoms with E-state index in [1.165, 1.54) is 12.5 Å². The van der Waals surface area contributed by atoms with Gasteiger partial charge in [0, 0.05) is 0 Å². The molecular formula is C7H11O. The van der Waals surface area contributed by atoms with Gasteiger partial charge in [-0.3, -0.25) is 4.79 Å². The van der Waals surface area contributed by atoms with Gasteiger partial charge in [0.25, 0.3) is 0 Å². The van der Waals surface area contributed by atoms with Gasteiger partial charge >= 0.3 is 0 Å². The minimum Gasteiger partial charge on any atom is -0.286 e. The molecule has 0 unspecified atom stereocenters.